The van der Waals surface area contributed by atoms with E-state index in [0.717, 1.165) is 111 Å². The molecule has 0 aliphatic heterocycles. The number of furan rings is 2. The highest BCUT2D eigenvalue weighted by Gasteiger charge is 2.24. The normalized spacial score (nSPS) is 11.9. The summed E-state index contributed by atoms with van der Waals surface area (Å²) in [6.07, 6.45) is 1.94. The highest BCUT2D eigenvalue weighted by molar-refractivity contribution is 6.26. The van der Waals surface area contributed by atoms with Crippen molar-refractivity contribution in [3.8, 4) is 67.9 Å². The van der Waals surface area contributed by atoms with Gasteiger partial charge >= 0.3 is 0 Å². The summed E-state index contributed by atoms with van der Waals surface area (Å²) in [4.78, 5) is 20.9. The molecule has 76 heavy (non-hydrogen) atoms. The van der Waals surface area contributed by atoms with Crippen LogP contribution in [0.3, 0.4) is 0 Å². The summed E-state index contributed by atoms with van der Waals surface area (Å²) in [7, 11) is 0. The molecule has 8 heteroatoms. The molecule has 0 amide bonds. The molecule has 10 aromatic carbocycles. The molecular formula is C68H40N6O2. The first-order valence-electron chi connectivity index (χ1n) is 25.4. The molecular weight excluding hydrogens is 933 g/mol. The lowest BCUT2D eigenvalue weighted by molar-refractivity contribution is 0.669. The smallest absolute Gasteiger partial charge is 0.166 e. The Kier molecular flexibility index (Phi) is 9.17. The molecule has 0 unspecified atom stereocenters. The van der Waals surface area contributed by atoms with Crippen molar-refractivity contribution in [2.45, 2.75) is 0 Å². The van der Waals surface area contributed by atoms with Crippen LogP contribution >= 0.6 is 0 Å². The largest absolute Gasteiger partial charge is 0.456 e. The zero-order valence-electron chi connectivity index (χ0n) is 40.6. The van der Waals surface area contributed by atoms with E-state index >= 15 is 0 Å². The van der Waals surface area contributed by atoms with Gasteiger partial charge in [0.15, 0.2) is 17.5 Å². The van der Waals surface area contributed by atoms with Crippen molar-refractivity contribution in [1.82, 2.24) is 29.1 Å². The molecule has 16 rings (SSSR count). The Balaban J connectivity index is 0.908. The molecule has 0 saturated heterocycles. The van der Waals surface area contributed by atoms with Gasteiger partial charge in [0.25, 0.3) is 0 Å². The Morgan fingerprint density at radius 2 is 0.737 bits per heavy atom. The van der Waals surface area contributed by atoms with E-state index in [4.69, 9.17) is 28.8 Å². The molecule has 0 fully saturated rings. The van der Waals surface area contributed by atoms with Crippen LogP contribution in [0.4, 0.5) is 0 Å². The molecule has 0 spiro atoms. The lowest BCUT2D eigenvalue weighted by Crippen LogP contribution is -2.02. The van der Waals surface area contributed by atoms with Crippen LogP contribution in [0.2, 0.25) is 0 Å². The Bertz CT molecular complexity index is 4920. The highest BCUT2D eigenvalue weighted by Crippen LogP contribution is 2.45. The van der Waals surface area contributed by atoms with Crippen molar-refractivity contribution < 1.29 is 8.83 Å². The lowest BCUT2D eigenvalue weighted by atomic mass is 9.98. The van der Waals surface area contributed by atoms with Gasteiger partial charge in [0.2, 0.25) is 0 Å². The van der Waals surface area contributed by atoms with Gasteiger partial charge in [-0.2, -0.15) is 0 Å². The number of fused-ring (bicyclic) bond motifs is 14. The van der Waals surface area contributed by atoms with Gasteiger partial charge in [0, 0.05) is 77.7 Å². The van der Waals surface area contributed by atoms with E-state index in [-0.39, 0.29) is 0 Å². The fourth-order valence-electron chi connectivity index (χ4n) is 11.6. The quantitative estimate of drug-likeness (QED) is 0.158. The minimum atomic E-state index is 0.497. The minimum absolute atomic E-state index is 0.497. The number of para-hydroxylation sites is 4. The Hall–Kier alpha value is -10.4. The second-order valence-corrected chi connectivity index (χ2v) is 19.3. The third-order valence-electron chi connectivity index (χ3n) is 15.0. The van der Waals surface area contributed by atoms with Gasteiger partial charge in [-0.1, -0.05) is 146 Å². The van der Waals surface area contributed by atoms with Gasteiger partial charge in [0.05, 0.1) is 38.5 Å². The fourth-order valence-corrected chi connectivity index (χ4v) is 11.6. The first-order valence-corrected chi connectivity index (χ1v) is 25.4. The average molecular weight is 973 g/mol. The molecule has 0 bridgehead atoms. The summed E-state index contributed by atoms with van der Waals surface area (Å²) >= 11 is 0. The van der Waals surface area contributed by atoms with E-state index in [1.165, 1.54) is 21.5 Å². The molecule has 0 aliphatic rings. The van der Waals surface area contributed by atoms with Crippen molar-refractivity contribution in [3.05, 3.63) is 243 Å². The van der Waals surface area contributed by atoms with Gasteiger partial charge in [0.1, 0.15) is 22.3 Å². The number of pyridine rings is 1. The number of benzene rings is 10. The van der Waals surface area contributed by atoms with Crippen molar-refractivity contribution in [2.75, 3.05) is 0 Å². The lowest BCUT2D eigenvalue weighted by Gasteiger charge is -2.13. The Labute approximate surface area is 434 Å². The van der Waals surface area contributed by atoms with Gasteiger partial charge in [-0.15, -0.1) is 0 Å². The monoisotopic (exact) mass is 972 g/mol. The van der Waals surface area contributed by atoms with E-state index in [1.807, 2.05) is 66.9 Å². The maximum absolute atomic E-state index is 6.85. The molecule has 0 N–H and O–H groups in total. The van der Waals surface area contributed by atoms with E-state index in [0.29, 0.717) is 23.2 Å². The summed E-state index contributed by atoms with van der Waals surface area (Å²) in [6.45, 7) is 0. The van der Waals surface area contributed by atoms with Crippen LogP contribution in [0.15, 0.2) is 252 Å². The van der Waals surface area contributed by atoms with Gasteiger partial charge in [-0.05, 0) is 96.6 Å². The van der Waals surface area contributed by atoms with Crippen LogP contribution < -0.4 is 0 Å². The van der Waals surface area contributed by atoms with Crippen molar-refractivity contribution in [2.24, 2.45) is 0 Å². The Morgan fingerprint density at radius 3 is 1.26 bits per heavy atom. The zero-order chi connectivity index (χ0) is 49.8. The van der Waals surface area contributed by atoms with Crippen molar-refractivity contribution in [3.63, 3.8) is 0 Å². The van der Waals surface area contributed by atoms with E-state index in [9.17, 15) is 0 Å². The van der Waals surface area contributed by atoms with Crippen LogP contribution in [-0.4, -0.2) is 29.1 Å². The fraction of sp³-hybridized carbons (Fsp3) is 0. The van der Waals surface area contributed by atoms with Gasteiger partial charge < -0.3 is 18.0 Å². The maximum atomic E-state index is 6.85. The summed E-state index contributed by atoms with van der Waals surface area (Å²) in [5, 5.41) is 8.91. The number of hydrogen-bond donors (Lipinski definition) is 0. The van der Waals surface area contributed by atoms with Crippen LogP contribution in [0.25, 0.3) is 155 Å². The minimum Gasteiger partial charge on any atom is -0.456 e. The molecule has 0 radical (unpaired) electrons. The van der Waals surface area contributed by atoms with E-state index < -0.39 is 0 Å². The number of hydrogen-bond acceptors (Lipinski definition) is 6. The first kappa shape index (κ1) is 42.1. The molecule has 16 aromatic rings. The maximum Gasteiger partial charge on any atom is 0.166 e. The number of nitrogens with zero attached hydrogens (tertiary/aromatic N) is 6. The van der Waals surface area contributed by atoms with Gasteiger partial charge in [-0.3, -0.25) is 4.98 Å². The topological polar surface area (TPSA) is 87.7 Å². The van der Waals surface area contributed by atoms with Crippen LogP contribution in [0.1, 0.15) is 0 Å². The van der Waals surface area contributed by atoms with Crippen molar-refractivity contribution >= 4 is 87.5 Å². The molecule has 354 valence electrons. The average Bonchev–Trinajstić information content (AvgIpc) is 4.31. The molecule has 6 aromatic heterocycles. The predicted molar refractivity (Wildman–Crippen MR) is 308 cm³/mol. The van der Waals surface area contributed by atoms with Crippen LogP contribution in [0.5, 0.6) is 0 Å². The van der Waals surface area contributed by atoms with Gasteiger partial charge in [-0.25, -0.2) is 15.0 Å². The standard InChI is InChI=1S/C68H40N6O2/c1-5-17-41(18-6-1)66-70-67(42-19-7-2-8-20-42)72-68(71-66)54-37-45(43-29-31-52-59(38-43)75-57-35-33-50-48-25-13-15-27-55(48)73(64(50)61(52)57)46-21-9-3-10-22-46)40-69-63(54)44-30-32-53-60(39-44)76-58-36-34-51-49-26-14-16-28-56(49)74(65(51)62(53)58)47-23-11-4-12-24-47/h1-40H. The molecule has 0 saturated carbocycles. The third kappa shape index (κ3) is 6.44. The second kappa shape index (κ2) is 16.5. The predicted octanol–water partition coefficient (Wildman–Crippen LogP) is 17.6. The second-order valence-electron chi connectivity index (χ2n) is 19.3. The molecule has 8 nitrogen and oxygen atoms in total. The molecule has 0 aliphatic carbocycles. The summed E-state index contributed by atoms with van der Waals surface area (Å²) < 4.78 is 18.4. The van der Waals surface area contributed by atoms with E-state index in [2.05, 4.69) is 185 Å². The number of rotatable bonds is 7. The molecule has 0 atom stereocenters. The zero-order valence-corrected chi connectivity index (χ0v) is 40.6. The first-order chi connectivity index (χ1) is 37.7. The number of aromatic nitrogens is 6. The van der Waals surface area contributed by atoms with Crippen molar-refractivity contribution in [1.29, 1.82) is 0 Å². The van der Waals surface area contributed by atoms with Crippen LogP contribution in [-0.2, 0) is 0 Å². The molecule has 6 heterocycles. The van der Waals surface area contributed by atoms with Crippen LogP contribution in [0, 0.1) is 0 Å². The Morgan fingerprint density at radius 1 is 0.303 bits per heavy atom. The SMILES string of the molecule is c1ccc(-c2nc(-c3ccccc3)nc(-c3cc(-c4ccc5c(c4)oc4ccc6c7ccccc7n(-c7ccccc7)c6c45)cnc3-c3ccc4c(c3)oc3ccc5c6ccccc6n(-c6ccccc6)c5c34)n2)cc1. The summed E-state index contributed by atoms with van der Waals surface area (Å²) in [5.74, 6) is 1.63. The third-order valence-corrected chi connectivity index (χ3v) is 15.0. The summed E-state index contributed by atoms with van der Waals surface area (Å²) in [5.41, 5.74) is 15.8. The summed E-state index contributed by atoms with van der Waals surface area (Å²) in [6, 6.07) is 82.1. The van der Waals surface area contributed by atoms with E-state index in [1.54, 1.807) is 0 Å². The highest BCUT2D eigenvalue weighted by atomic mass is 16.3.